The van der Waals surface area contributed by atoms with Crippen molar-refractivity contribution in [3.8, 4) is 11.3 Å². The van der Waals surface area contributed by atoms with E-state index in [1.54, 1.807) is 0 Å². The predicted molar refractivity (Wildman–Crippen MR) is 88.2 cm³/mol. The minimum atomic E-state index is 0.748. The van der Waals surface area contributed by atoms with Gasteiger partial charge in [0, 0.05) is 20.8 Å². The van der Waals surface area contributed by atoms with Crippen LogP contribution in [-0.4, -0.2) is 4.98 Å². The van der Waals surface area contributed by atoms with Crippen molar-refractivity contribution in [2.45, 2.75) is 38.5 Å². The van der Waals surface area contributed by atoms with Crippen LogP contribution in [0.5, 0.6) is 0 Å². The number of rotatable bonds is 2. The molecular formula is C17H18BrNS. The van der Waals surface area contributed by atoms with Crippen LogP contribution in [0.15, 0.2) is 28.7 Å². The summed E-state index contributed by atoms with van der Waals surface area (Å²) in [6.07, 6.45) is 5.73. The van der Waals surface area contributed by atoms with Crippen molar-refractivity contribution in [3.05, 3.63) is 38.6 Å². The lowest BCUT2D eigenvalue weighted by Crippen LogP contribution is -2.07. The topological polar surface area (TPSA) is 12.9 Å². The fraction of sp³-hybridized carbons (Fsp3) is 0.471. The van der Waals surface area contributed by atoms with Gasteiger partial charge in [-0.15, -0.1) is 11.3 Å². The highest BCUT2D eigenvalue weighted by Crippen LogP contribution is 2.54. The van der Waals surface area contributed by atoms with Crippen molar-refractivity contribution >= 4 is 27.3 Å². The van der Waals surface area contributed by atoms with Crippen molar-refractivity contribution in [2.24, 2.45) is 11.8 Å². The van der Waals surface area contributed by atoms with Crippen LogP contribution in [-0.2, 0) is 0 Å². The number of benzene rings is 1. The summed E-state index contributed by atoms with van der Waals surface area (Å²) >= 11 is 5.48. The van der Waals surface area contributed by atoms with Crippen molar-refractivity contribution in [3.63, 3.8) is 0 Å². The summed E-state index contributed by atoms with van der Waals surface area (Å²) in [6, 6.07) is 8.50. The zero-order valence-electron chi connectivity index (χ0n) is 11.6. The van der Waals surface area contributed by atoms with Crippen LogP contribution in [0.2, 0.25) is 0 Å². The van der Waals surface area contributed by atoms with Gasteiger partial charge in [-0.1, -0.05) is 34.5 Å². The molecule has 0 aliphatic heterocycles. The second-order valence-corrected chi connectivity index (χ2v) is 8.40. The van der Waals surface area contributed by atoms with E-state index in [0.717, 1.165) is 22.2 Å². The zero-order chi connectivity index (χ0) is 13.7. The Balaban J connectivity index is 1.69. The molecule has 0 saturated heterocycles. The fourth-order valence-corrected chi connectivity index (χ4v) is 5.58. The quantitative estimate of drug-likeness (QED) is 0.670. The standard InChI is InChI=1S/C17H18BrNS/c1-10-16(13-3-2-4-14(18)9-13)19-17(20-10)15-8-11-5-6-12(15)7-11/h2-4,9,11-12,15H,5-8H2,1H3. The number of hydrogen-bond acceptors (Lipinski definition) is 2. The molecule has 20 heavy (non-hydrogen) atoms. The Morgan fingerprint density at radius 2 is 2.15 bits per heavy atom. The molecule has 3 unspecified atom stereocenters. The maximum absolute atomic E-state index is 5.02. The van der Waals surface area contributed by atoms with Gasteiger partial charge in [-0.3, -0.25) is 0 Å². The lowest BCUT2D eigenvalue weighted by Gasteiger charge is -2.18. The van der Waals surface area contributed by atoms with Crippen molar-refractivity contribution in [1.29, 1.82) is 0 Å². The Morgan fingerprint density at radius 1 is 1.25 bits per heavy atom. The van der Waals surface area contributed by atoms with Crippen LogP contribution in [0.25, 0.3) is 11.3 Å². The van der Waals surface area contributed by atoms with E-state index in [1.165, 1.54) is 46.8 Å². The first kappa shape index (κ1) is 13.0. The number of hydrogen-bond donors (Lipinski definition) is 0. The molecule has 3 atom stereocenters. The smallest absolute Gasteiger partial charge is 0.0969 e. The van der Waals surface area contributed by atoms with E-state index in [0.29, 0.717) is 0 Å². The van der Waals surface area contributed by atoms with Crippen molar-refractivity contribution < 1.29 is 0 Å². The summed E-state index contributed by atoms with van der Waals surface area (Å²) in [7, 11) is 0. The van der Waals surface area contributed by atoms with E-state index in [1.807, 2.05) is 11.3 Å². The minimum absolute atomic E-state index is 0.748. The van der Waals surface area contributed by atoms with Gasteiger partial charge in [0.25, 0.3) is 0 Å². The molecule has 2 bridgehead atoms. The molecule has 0 N–H and O–H groups in total. The highest BCUT2D eigenvalue weighted by molar-refractivity contribution is 9.10. The Bertz CT molecular complexity index is 648. The van der Waals surface area contributed by atoms with Gasteiger partial charge in [0.1, 0.15) is 0 Å². The Hall–Kier alpha value is -0.670. The normalized spacial score (nSPS) is 28.2. The van der Waals surface area contributed by atoms with Gasteiger partial charge in [0.05, 0.1) is 10.7 Å². The molecule has 1 nitrogen and oxygen atoms in total. The monoisotopic (exact) mass is 347 g/mol. The molecule has 4 rings (SSSR count). The third-order valence-electron chi connectivity index (χ3n) is 4.97. The van der Waals surface area contributed by atoms with E-state index >= 15 is 0 Å². The van der Waals surface area contributed by atoms with Gasteiger partial charge in [-0.05, 0) is 50.2 Å². The molecule has 2 fully saturated rings. The second kappa shape index (κ2) is 4.96. The molecule has 1 aromatic carbocycles. The molecule has 0 amide bonds. The highest BCUT2D eigenvalue weighted by Gasteiger charge is 2.41. The van der Waals surface area contributed by atoms with Gasteiger partial charge >= 0.3 is 0 Å². The average molecular weight is 348 g/mol. The maximum Gasteiger partial charge on any atom is 0.0969 e. The molecule has 104 valence electrons. The molecule has 3 heteroatoms. The van der Waals surface area contributed by atoms with Crippen LogP contribution in [0.4, 0.5) is 0 Å². The molecule has 0 radical (unpaired) electrons. The van der Waals surface area contributed by atoms with Crippen LogP contribution >= 0.6 is 27.3 Å². The molecule has 1 heterocycles. The third kappa shape index (κ3) is 2.15. The molecule has 1 aromatic heterocycles. The van der Waals surface area contributed by atoms with Crippen molar-refractivity contribution in [1.82, 2.24) is 4.98 Å². The molecular weight excluding hydrogens is 330 g/mol. The van der Waals surface area contributed by atoms with Gasteiger partial charge in [-0.2, -0.15) is 0 Å². The summed E-state index contributed by atoms with van der Waals surface area (Å²) < 4.78 is 1.13. The number of fused-ring (bicyclic) bond motifs is 2. The first-order chi connectivity index (χ1) is 9.70. The van der Waals surface area contributed by atoms with E-state index in [9.17, 15) is 0 Å². The van der Waals surface area contributed by atoms with E-state index < -0.39 is 0 Å². The van der Waals surface area contributed by atoms with Gasteiger partial charge in [0.2, 0.25) is 0 Å². The zero-order valence-corrected chi connectivity index (χ0v) is 14.0. The number of halogens is 1. The number of aryl methyl sites for hydroxylation is 1. The molecule has 0 spiro atoms. The van der Waals surface area contributed by atoms with E-state index in [2.05, 4.69) is 47.1 Å². The number of aromatic nitrogens is 1. The van der Waals surface area contributed by atoms with Crippen LogP contribution < -0.4 is 0 Å². The van der Waals surface area contributed by atoms with Crippen LogP contribution in [0, 0.1) is 18.8 Å². The van der Waals surface area contributed by atoms with Gasteiger partial charge in [0.15, 0.2) is 0 Å². The summed E-state index contributed by atoms with van der Waals surface area (Å²) in [6.45, 7) is 2.21. The molecule has 2 saturated carbocycles. The lowest BCUT2D eigenvalue weighted by molar-refractivity contribution is 0.419. The first-order valence-electron chi connectivity index (χ1n) is 7.44. The average Bonchev–Trinajstić information content (AvgIpc) is 3.12. The molecule has 2 aliphatic carbocycles. The van der Waals surface area contributed by atoms with Gasteiger partial charge < -0.3 is 0 Å². The fourth-order valence-electron chi connectivity index (χ4n) is 4.03. The SMILES string of the molecule is Cc1sc(C2CC3CCC2C3)nc1-c1cccc(Br)c1. The number of nitrogens with zero attached hydrogens (tertiary/aromatic N) is 1. The minimum Gasteiger partial charge on any atom is -0.241 e. The summed E-state index contributed by atoms with van der Waals surface area (Å²) in [4.78, 5) is 6.38. The van der Waals surface area contributed by atoms with Crippen LogP contribution in [0.1, 0.15) is 41.5 Å². The van der Waals surface area contributed by atoms with Crippen LogP contribution in [0.3, 0.4) is 0 Å². The molecule has 2 aliphatic rings. The Kier molecular flexibility index (Phi) is 3.23. The maximum atomic E-state index is 5.02. The molecule has 2 aromatic rings. The number of thiazole rings is 1. The van der Waals surface area contributed by atoms with E-state index in [-0.39, 0.29) is 0 Å². The van der Waals surface area contributed by atoms with Gasteiger partial charge in [-0.25, -0.2) is 4.98 Å². The summed E-state index contributed by atoms with van der Waals surface area (Å²) in [5.41, 5.74) is 2.43. The lowest BCUT2D eigenvalue weighted by atomic mass is 9.89. The Labute approximate surface area is 132 Å². The van der Waals surface area contributed by atoms with Crippen molar-refractivity contribution in [2.75, 3.05) is 0 Å². The second-order valence-electron chi connectivity index (χ2n) is 6.25. The Morgan fingerprint density at radius 3 is 2.85 bits per heavy atom. The van der Waals surface area contributed by atoms with E-state index in [4.69, 9.17) is 4.98 Å². The largest absolute Gasteiger partial charge is 0.241 e. The predicted octanol–water partition coefficient (Wildman–Crippen LogP) is 5.78. The third-order valence-corrected chi connectivity index (χ3v) is 6.56. The highest BCUT2D eigenvalue weighted by atomic mass is 79.9. The summed E-state index contributed by atoms with van der Waals surface area (Å²) in [5.74, 6) is 2.66. The first-order valence-corrected chi connectivity index (χ1v) is 9.05. The summed E-state index contributed by atoms with van der Waals surface area (Å²) in [5, 5.41) is 1.39.